The zero-order chi connectivity index (χ0) is 15.3. The molecule has 1 rings (SSSR count). The van der Waals surface area contributed by atoms with Gasteiger partial charge in [0.25, 0.3) is 11.6 Å². The van der Waals surface area contributed by atoms with Crippen molar-refractivity contribution >= 4 is 23.2 Å². The molecule has 1 aromatic rings. The highest BCUT2D eigenvalue weighted by molar-refractivity contribution is 6.33. The zero-order valence-electron chi connectivity index (χ0n) is 11.3. The molecule has 0 spiro atoms. The predicted molar refractivity (Wildman–Crippen MR) is 75.9 cm³/mol. The lowest BCUT2D eigenvalue weighted by molar-refractivity contribution is -0.384. The Hall–Kier alpha value is -1.66. The van der Waals surface area contributed by atoms with Gasteiger partial charge >= 0.3 is 0 Å². The van der Waals surface area contributed by atoms with E-state index in [2.05, 4.69) is 5.32 Å². The maximum atomic E-state index is 11.9. The monoisotopic (exact) mass is 300 g/mol. The first kappa shape index (κ1) is 16.4. The lowest BCUT2D eigenvalue weighted by atomic mass is 10.1. The molecule has 0 aliphatic rings. The first-order chi connectivity index (χ1) is 9.31. The highest BCUT2D eigenvalue weighted by Gasteiger charge is 2.16. The Morgan fingerprint density at radius 2 is 2.15 bits per heavy atom. The highest BCUT2D eigenvalue weighted by atomic mass is 35.5. The number of benzene rings is 1. The van der Waals surface area contributed by atoms with Gasteiger partial charge in [-0.25, -0.2) is 0 Å². The Balaban J connectivity index is 2.72. The van der Waals surface area contributed by atoms with Crippen LogP contribution in [0.1, 0.15) is 30.6 Å². The molecule has 0 bridgehead atoms. The van der Waals surface area contributed by atoms with Gasteiger partial charge in [0, 0.05) is 18.7 Å². The summed E-state index contributed by atoms with van der Waals surface area (Å²) in [6.45, 7) is 4.00. The maximum Gasteiger partial charge on any atom is 0.270 e. The SMILES string of the molecule is CC(C)CC(O)CNC(=O)c1cc([N+](=O)[O-])ccc1Cl. The van der Waals surface area contributed by atoms with Crippen LogP contribution in [0.15, 0.2) is 18.2 Å². The summed E-state index contributed by atoms with van der Waals surface area (Å²) >= 11 is 5.85. The third-order valence-electron chi connectivity index (χ3n) is 2.65. The van der Waals surface area contributed by atoms with Crippen LogP contribution in [0.3, 0.4) is 0 Å². The van der Waals surface area contributed by atoms with E-state index >= 15 is 0 Å². The van der Waals surface area contributed by atoms with E-state index in [1.165, 1.54) is 12.1 Å². The molecule has 7 heteroatoms. The molecule has 6 nitrogen and oxygen atoms in total. The molecule has 2 N–H and O–H groups in total. The van der Waals surface area contributed by atoms with Crippen LogP contribution >= 0.6 is 11.6 Å². The number of aliphatic hydroxyl groups is 1. The lowest BCUT2D eigenvalue weighted by Crippen LogP contribution is -2.33. The molecule has 110 valence electrons. The zero-order valence-corrected chi connectivity index (χ0v) is 12.1. The van der Waals surface area contributed by atoms with Gasteiger partial charge in [-0.1, -0.05) is 25.4 Å². The summed E-state index contributed by atoms with van der Waals surface area (Å²) < 4.78 is 0. The fourth-order valence-corrected chi connectivity index (χ4v) is 1.94. The number of rotatable bonds is 6. The molecular formula is C13H17ClN2O4. The van der Waals surface area contributed by atoms with Gasteiger partial charge in [0.2, 0.25) is 0 Å². The molecule has 0 saturated heterocycles. The molecule has 0 fully saturated rings. The Morgan fingerprint density at radius 1 is 1.50 bits per heavy atom. The smallest absolute Gasteiger partial charge is 0.270 e. The van der Waals surface area contributed by atoms with Gasteiger partial charge < -0.3 is 10.4 Å². The van der Waals surface area contributed by atoms with E-state index in [0.717, 1.165) is 6.07 Å². The Bertz CT molecular complexity index is 505. The number of hydrogen-bond donors (Lipinski definition) is 2. The Morgan fingerprint density at radius 3 is 2.70 bits per heavy atom. The predicted octanol–water partition coefficient (Wildman–Crippen LogP) is 2.39. The third kappa shape index (κ3) is 4.79. The van der Waals surface area contributed by atoms with E-state index in [1.54, 1.807) is 0 Å². The van der Waals surface area contributed by atoms with Crippen LogP contribution < -0.4 is 5.32 Å². The molecule has 0 radical (unpaired) electrons. The molecule has 1 aromatic carbocycles. The van der Waals surface area contributed by atoms with Gasteiger partial charge in [-0.15, -0.1) is 0 Å². The number of nitrogens with one attached hydrogen (secondary N) is 1. The largest absolute Gasteiger partial charge is 0.391 e. The first-order valence-electron chi connectivity index (χ1n) is 6.21. The van der Waals surface area contributed by atoms with Crippen molar-refractivity contribution in [3.63, 3.8) is 0 Å². The van der Waals surface area contributed by atoms with Crippen LogP contribution in [-0.2, 0) is 0 Å². The molecule has 0 saturated carbocycles. The van der Waals surface area contributed by atoms with E-state index in [0.29, 0.717) is 12.3 Å². The van der Waals surface area contributed by atoms with Crippen molar-refractivity contribution in [1.29, 1.82) is 0 Å². The van der Waals surface area contributed by atoms with Gasteiger partial charge in [-0.3, -0.25) is 14.9 Å². The van der Waals surface area contributed by atoms with Crippen molar-refractivity contribution in [1.82, 2.24) is 5.32 Å². The number of nitrogens with zero attached hydrogens (tertiary/aromatic N) is 1. The standard InChI is InChI=1S/C13H17ClN2O4/c1-8(2)5-10(17)7-15-13(18)11-6-9(16(19)20)3-4-12(11)14/h3-4,6,8,10,17H,5,7H2,1-2H3,(H,15,18). The van der Waals surface area contributed by atoms with Crippen LogP contribution in [0, 0.1) is 16.0 Å². The normalized spacial score (nSPS) is 12.2. The van der Waals surface area contributed by atoms with Crippen LogP contribution in [-0.4, -0.2) is 28.6 Å². The minimum atomic E-state index is -0.656. The molecule has 0 aliphatic heterocycles. The number of aliphatic hydroxyl groups excluding tert-OH is 1. The van der Waals surface area contributed by atoms with Crippen LogP contribution in [0.25, 0.3) is 0 Å². The number of nitro groups is 1. The summed E-state index contributed by atoms with van der Waals surface area (Å²) in [4.78, 5) is 22.0. The number of nitro benzene ring substituents is 1. The molecule has 0 aromatic heterocycles. The van der Waals surface area contributed by atoms with Gasteiger partial charge in [-0.05, 0) is 18.4 Å². The number of non-ortho nitro benzene ring substituents is 1. The second-order valence-corrected chi connectivity index (χ2v) is 5.32. The van der Waals surface area contributed by atoms with E-state index < -0.39 is 16.9 Å². The molecule has 1 atom stereocenters. The number of amides is 1. The van der Waals surface area contributed by atoms with Crippen LogP contribution in [0.4, 0.5) is 5.69 Å². The van der Waals surface area contributed by atoms with Crippen molar-refractivity contribution in [2.24, 2.45) is 5.92 Å². The summed E-state index contributed by atoms with van der Waals surface area (Å²) in [6, 6.07) is 3.65. The number of halogens is 1. The highest BCUT2D eigenvalue weighted by Crippen LogP contribution is 2.21. The van der Waals surface area contributed by atoms with Crippen LogP contribution in [0.2, 0.25) is 5.02 Å². The van der Waals surface area contributed by atoms with Crippen molar-refractivity contribution in [2.75, 3.05) is 6.54 Å². The molecule has 20 heavy (non-hydrogen) atoms. The van der Waals surface area contributed by atoms with Crippen LogP contribution in [0.5, 0.6) is 0 Å². The maximum absolute atomic E-state index is 11.9. The Labute approximate surface area is 121 Å². The van der Waals surface area contributed by atoms with Gasteiger partial charge in [0.05, 0.1) is 21.6 Å². The summed E-state index contributed by atoms with van der Waals surface area (Å²) in [5.74, 6) is -0.232. The minimum absolute atomic E-state index is 0.0256. The van der Waals surface area contributed by atoms with Crippen molar-refractivity contribution in [2.45, 2.75) is 26.4 Å². The van der Waals surface area contributed by atoms with Gasteiger partial charge in [0.15, 0.2) is 0 Å². The third-order valence-corrected chi connectivity index (χ3v) is 2.98. The minimum Gasteiger partial charge on any atom is -0.391 e. The van der Waals surface area contributed by atoms with Gasteiger partial charge in [0.1, 0.15) is 0 Å². The quantitative estimate of drug-likeness (QED) is 0.623. The second-order valence-electron chi connectivity index (χ2n) is 4.91. The lowest BCUT2D eigenvalue weighted by Gasteiger charge is -2.14. The second kappa shape index (κ2) is 7.21. The van der Waals surface area contributed by atoms with E-state index in [-0.39, 0.29) is 22.8 Å². The summed E-state index contributed by atoms with van der Waals surface area (Å²) in [6.07, 6.45) is -0.0976. The summed E-state index contributed by atoms with van der Waals surface area (Å²) in [5.41, 5.74) is -0.181. The number of carbonyl (C=O) groups is 1. The van der Waals surface area contributed by atoms with Gasteiger partial charge in [-0.2, -0.15) is 0 Å². The average molecular weight is 301 g/mol. The number of hydrogen-bond acceptors (Lipinski definition) is 4. The van der Waals surface area contributed by atoms with Crippen molar-refractivity contribution in [3.8, 4) is 0 Å². The first-order valence-corrected chi connectivity index (χ1v) is 6.59. The molecule has 1 unspecified atom stereocenters. The summed E-state index contributed by atoms with van der Waals surface area (Å²) in [7, 11) is 0. The Kier molecular flexibility index (Phi) is 5.91. The van der Waals surface area contributed by atoms with Crippen molar-refractivity contribution in [3.05, 3.63) is 38.9 Å². The average Bonchev–Trinajstić information content (AvgIpc) is 2.35. The van der Waals surface area contributed by atoms with Crippen molar-refractivity contribution < 1.29 is 14.8 Å². The topological polar surface area (TPSA) is 92.5 Å². The molecule has 1 amide bonds. The molecule has 0 aliphatic carbocycles. The molecular weight excluding hydrogens is 284 g/mol. The molecule has 0 heterocycles. The fraction of sp³-hybridized carbons (Fsp3) is 0.462. The summed E-state index contributed by atoms with van der Waals surface area (Å²) in [5, 5.41) is 23.0. The number of carbonyl (C=O) groups excluding carboxylic acids is 1. The van der Waals surface area contributed by atoms with E-state index in [9.17, 15) is 20.0 Å². The van der Waals surface area contributed by atoms with E-state index in [4.69, 9.17) is 11.6 Å². The fourth-order valence-electron chi connectivity index (χ4n) is 1.73. The van der Waals surface area contributed by atoms with E-state index in [1.807, 2.05) is 13.8 Å².